The number of benzene rings is 1. The third kappa shape index (κ3) is 1.86. The number of hydrogen-bond donors (Lipinski definition) is 0. The van der Waals surface area contributed by atoms with Crippen molar-refractivity contribution in [3.05, 3.63) is 48.4 Å². The van der Waals surface area contributed by atoms with Crippen LogP contribution in [0, 0.1) is 5.82 Å². The van der Waals surface area contributed by atoms with E-state index in [1.807, 2.05) is 18.4 Å². The molecule has 0 aliphatic rings. The van der Waals surface area contributed by atoms with Crippen LogP contribution in [0.5, 0.6) is 0 Å². The van der Waals surface area contributed by atoms with E-state index in [1.54, 1.807) is 34.6 Å². The molecule has 0 N–H and O–H groups in total. The lowest BCUT2D eigenvalue weighted by Gasteiger charge is -2.02. The van der Waals surface area contributed by atoms with E-state index >= 15 is 0 Å². The molecule has 90 valence electrons. The van der Waals surface area contributed by atoms with Crippen molar-refractivity contribution in [2.24, 2.45) is 0 Å². The highest BCUT2D eigenvalue weighted by atomic mass is 32.2. The molecule has 0 radical (unpaired) electrons. The fraction of sp³-hybridized carbons (Fsp3) is 0.0769. The molecule has 0 aliphatic carbocycles. The molecule has 2 aromatic heterocycles. The monoisotopic (exact) mass is 259 g/mol. The van der Waals surface area contributed by atoms with E-state index in [9.17, 15) is 4.39 Å². The van der Waals surface area contributed by atoms with Gasteiger partial charge >= 0.3 is 0 Å². The Morgan fingerprint density at radius 1 is 1.11 bits per heavy atom. The van der Waals surface area contributed by atoms with Gasteiger partial charge in [0.25, 0.3) is 0 Å². The molecule has 0 saturated heterocycles. The molecule has 3 aromatic rings. The topological polar surface area (TPSA) is 30.2 Å². The Morgan fingerprint density at radius 3 is 2.61 bits per heavy atom. The number of fused-ring (bicyclic) bond motifs is 1. The van der Waals surface area contributed by atoms with Crippen molar-refractivity contribution in [2.75, 3.05) is 6.26 Å². The van der Waals surface area contributed by atoms with Gasteiger partial charge in [-0.2, -0.15) is 5.10 Å². The van der Waals surface area contributed by atoms with E-state index in [4.69, 9.17) is 0 Å². The largest absolute Gasteiger partial charge is 0.235 e. The summed E-state index contributed by atoms with van der Waals surface area (Å²) in [6.07, 6.45) is 3.72. The van der Waals surface area contributed by atoms with Gasteiger partial charge in [0.2, 0.25) is 0 Å². The maximum Gasteiger partial charge on any atom is 0.154 e. The molecule has 0 bridgehead atoms. The molecule has 0 fully saturated rings. The first-order valence-electron chi connectivity index (χ1n) is 5.42. The van der Waals surface area contributed by atoms with Crippen molar-refractivity contribution >= 4 is 17.4 Å². The predicted octanol–water partition coefficient (Wildman–Crippen LogP) is 3.26. The van der Waals surface area contributed by atoms with E-state index < -0.39 is 0 Å². The highest BCUT2D eigenvalue weighted by Crippen LogP contribution is 2.21. The van der Waals surface area contributed by atoms with Crippen LogP contribution in [0.1, 0.15) is 0 Å². The third-order valence-electron chi connectivity index (χ3n) is 2.69. The average Bonchev–Trinajstić information content (AvgIpc) is 2.82. The van der Waals surface area contributed by atoms with Gasteiger partial charge in [0.05, 0.1) is 11.9 Å². The van der Waals surface area contributed by atoms with Crippen LogP contribution in [0.15, 0.2) is 47.6 Å². The first kappa shape index (κ1) is 11.2. The molecular formula is C13H10FN3S. The van der Waals surface area contributed by atoms with Gasteiger partial charge in [0.15, 0.2) is 5.65 Å². The quantitative estimate of drug-likeness (QED) is 0.662. The molecule has 0 atom stereocenters. The minimum Gasteiger partial charge on any atom is -0.235 e. The molecule has 3 nitrogen and oxygen atoms in total. The lowest BCUT2D eigenvalue weighted by atomic mass is 10.2. The summed E-state index contributed by atoms with van der Waals surface area (Å²) in [6, 6.07) is 10.2. The zero-order chi connectivity index (χ0) is 12.5. The predicted molar refractivity (Wildman–Crippen MR) is 70.2 cm³/mol. The molecule has 0 amide bonds. The lowest BCUT2D eigenvalue weighted by molar-refractivity contribution is 0.628. The van der Waals surface area contributed by atoms with Crippen molar-refractivity contribution < 1.29 is 4.39 Å². The SMILES string of the molecule is CSc1ccc2ncc(-c3ccc(F)cc3)n2n1. The second-order valence-electron chi connectivity index (χ2n) is 3.80. The third-order valence-corrected chi connectivity index (χ3v) is 3.32. The summed E-state index contributed by atoms with van der Waals surface area (Å²) in [7, 11) is 0. The minimum atomic E-state index is -0.245. The van der Waals surface area contributed by atoms with Gasteiger partial charge in [-0.15, -0.1) is 11.8 Å². The first-order chi connectivity index (χ1) is 8.78. The maximum atomic E-state index is 12.9. The van der Waals surface area contributed by atoms with E-state index in [0.29, 0.717) is 0 Å². The van der Waals surface area contributed by atoms with Gasteiger partial charge in [-0.1, -0.05) is 0 Å². The van der Waals surface area contributed by atoms with Crippen molar-refractivity contribution in [1.29, 1.82) is 0 Å². The van der Waals surface area contributed by atoms with Crippen LogP contribution in [0.2, 0.25) is 0 Å². The number of aromatic nitrogens is 3. The molecule has 0 spiro atoms. The molecule has 3 rings (SSSR count). The molecule has 0 unspecified atom stereocenters. The number of rotatable bonds is 2. The van der Waals surface area contributed by atoms with Gasteiger partial charge in [0, 0.05) is 5.56 Å². The molecule has 2 heterocycles. The van der Waals surface area contributed by atoms with Gasteiger partial charge in [-0.25, -0.2) is 13.9 Å². The Morgan fingerprint density at radius 2 is 1.89 bits per heavy atom. The summed E-state index contributed by atoms with van der Waals surface area (Å²) in [6.45, 7) is 0. The van der Waals surface area contributed by atoms with Crippen LogP contribution in [0.4, 0.5) is 4.39 Å². The average molecular weight is 259 g/mol. The smallest absolute Gasteiger partial charge is 0.154 e. The van der Waals surface area contributed by atoms with Crippen LogP contribution in [-0.4, -0.2) is 20.9 Å². The summed E-state index contributed by atoms with van der Waals surface area (Å²) >= 11 is 1.57. The van der Waals surface area contributed by atoms with Crippen molar-refractivity contribution in [1.82, 2.24) is 14.6 Å². The molecule has 0 saturated carbocycles. The number of nitrogens with zero attached hydrogens (tertiary/aromatic N) is 3. The van der Waals surface area contributed by atoms with Crippen LogP contribution in [0.3, 0.4) is 0 Å². The summed E-state index contributed by atoms with van der Waals surface area (Å²) in [5, 5.41) is 5.40. The number of thioether (sulfide) groups is 1. The van der Waals surface area contributed by atoms with E-state index in [1.165, 1.54) is 12.1 Å². The fourth-order valence-corrected chi connectivity index (χ4v) is 2.15. The summed E-state index contributed by atoms with van der Waals surface area (Å²) in [5.74, 6) is -0.245. The van der Waals surface area contributed by atoms with Crippen LogP contribution >= 0.6 is 11.8 Å². The van der Waals surface area contributed by atoms with Crippen molar-refractivity contribution in [2.45, 2.75) is 5.03 Å². The number of imidazole rings is 1. The highest BCUT2D eigenvalue weighted by molar-refractivity contribution is 7.98. The van der Waals surface area contributed by atoms with Crippen molar-refractivity contribution in [3.8, 4) is 11.3 Å². The van der Waals surface area contributed by atoms with E-state index in [2.05, 4.69) is 10.1 Å². The molecule has 18 heavy (non-hydrogen) atoms. The standard InChI is InChI=1S/C13H10FN3S/c1-18-13-7-6-12-15-8-11(17(12)16-13)9-2-4-10(14)5-3-9/h2-8H,1H3. The Labute approximate surface area is 108 Å². The highest BCUT2D eigenvalue weighted by Gasteiger charge is 2.07. The zero-order valence-electron chi connectivity index (χ0n) is 9.67. The van der Waals surface area contributed by atoms with Gasteiger partial charge in [-0.3, -0.25) is 0 Å². The Kier molecular flexibility index (Phi) is 2.76. The second-order valence-corrected chi connectivity index (χ2v) is 4.62. The van der Waals surface area contributed by atoms with Crippen LogP contribution in [-0.2, 0) is 0 Å². The van der Waals surface area contributed by atoms with E-state index in [-0.39, 0.29) is 5.82 Å². The molecule has 0 aliphatic heterocycles. The minimum absolute atomic E-state index is 0.245. The zero-order valence-corrected chi connectivity index (χ0v) is 10.5. The van der Waals surface area contributed by atoms with Gasteiger partial charge < -0.3 is 0 Å². The molecule has 1 aromatic carbocycles. The van der Waals surface area contributed by atoms with Gasteiger partial charge in [0.1, 0.15) is 10.8 Å². The Balaban J connectivity index is 2.19. The number of halogens is 1. The normalized spacial score (nSPS) is 11.0. The lowest BCUT2D eigenvalue weighted by Crippen LogP contribution is -1.95. The second kappa shape index (κ2) is 4.42. The summed E-state index contributed by atoms with van der Waals surface area (Å²) < 4.78 is 14.7. The summed E-state index contributed by atoms with van der Waals surface area (Å²) in [5.41, 5.74) is 2.54. The Hall–Kier alpha value is -1.88. The van der Waals surface area contributed by atoms with Crippen LogP contribution < -0.4 is 0 Å². The van der Waals surface area contributed by atoms with E-state index in [0.717, 1.165) is 21.9 Å². The fourth-order valence-electron chi connectivity index (χ4n) is 1.78. The molecular weight excluding hydrogens is 249 g/mol. The molecule has 5 heteroatoms. The van der Waals surface area contributed by atoms with Crippen LogP contribution in [0.25, 0.3) is 16.9 Å². The first-order valence-corrected chi connectivity index (χ1v) is 6.65. The Bertz CT molecular complexity index is 691. The summed E-state index contributed by atoms with van der Waals surface area (Å²) in [4.78, 5) is 4.29. The van der Waals surface area contributed by atoms with Gasteiger partial charge in [-0.05, 0) is 42.7 Å². The van der Waals surface area contributed by atoms with Crippen molar-refractivity contribution in [3.63, 3.8) is 0 Å². The maximum absolute atomic E-state index is 12.9. The number of hydrogen-bond acceptors (Lipinski definition) is 3.